The third-order valence-corrected chi connectivity index (χ3v) is 2.86. The molecule has 1 amide bonds. The number of nitrogens with one attached hydrogen (secondary N) is 1. The Morgan fingerprint density at radius 1 is 1.08 bits per heavy atom. The fourth-order valence-electron chi connectivity index (χ4n) is 1.92. The van der Waals surface area contributed by atoms with E-state index in [2.05, 4.69) is 15.3 Å². The van der Waals surface area contributed by atoms with E-state index in [9.17, 15) is 4.79 Å². The number of rotatable bonds is 3. The monoisotopic (exact) mass is 327 g/mol. The first-order chi connectivity index (χ1) is 11.2. The lowest BCUT2D eigenvalue weighted by atomic mass is 10.1. The summed E-state index contributed by atoms with van der Waals surface area (Å²) >= 11 is 0. The Labute approximate surface area is 140 Å². The van der Waals surface area contributed by atoms with E-state index in [0.717, 1.165) is 11.1 Å². The second kappa shape index (κ2) is 6.99. The zero-order valence-electron chi connectivity index (χ0n) is 13.9. The van der Waals surface area contributed by atoms with Crippen LogP contribution in [0.3, 0.4) is 0 Å². The number of hydrogen-bond acceptors (Lipinski definition) is 4. The van der Waals surface area contributed by atoms with E-state index in [1.165, 1.54) is 0 Å². The van der Waals surface area contributed by atoms with E-state index in [4.69, 9.17) is 16.2 Å². The molecule has 5 N–H and O–H groups in total. The summed E-state index contributed by atoms with van der Waals surface area (Å²) in [6, 6.07) is 10.9. The predicted octanol–water partition coefficient (Wildman–Crippen LogP) is 3.00. The van der Waals surface area contributed by atoms with E-state index >= 15 is 0 Å². The minimum atomic E-state index is -0.535. The number of anilines is 1. The molecule has 0 aliphatic rings. The van der Waals surface area contributed by atoms with Crippen LogP contribution in [0.25, 0.3) is 11.1 Å². The van der Waals surface area contributed by atoms with Crippen molar-refractivity contribution in [3.63, 3.8) is 0 Å². The van der Waals surface area contributed by atoms with Crippen LogP contribution in [0.1, 0.15) is 20.8 Å². The summed E-state index contributed by atoms with van der Waals surface area (Å²) in [5, 5.41) is 2.69. The van der Waals surface area contributed by atoms with Gasteiger partial charge in [-0.2, -0.15) is 4.99 Å². The Bertz CT molecular complexity index is 727. The first-order valence-electron chi connectivity index (χ1n) is 7.39. The van der Waals surface area contributed by atoms with Crippen molar-refractivity contribution in [1.29, 1.82) is 0 Å². The number of nitrogens with zero attached hydrogens (tertiary/aromatic N) is 2. The number of carbonyl (C=O) groups is 1. The summed E-state index contributed by atoms with van der Waals surface area (Å²) in [4.78, 5) is 19.8. The van der Waals surface area contributed by atoms with Crippen LogP contribution >= 0.6 is 0 Å². The molecule has 0 spiro atoms. The van der Waals surface area contributed by atoms with E-state index in [-0.39, 0.29) is 5.96 Å². The van der Waals surface area contributed by atoms with Crippen molar-refractivity contribution < 1.29 is 9.53 Å². The molecule has 1 aromatic carbocycles. The van der Waals surface area contributed by atoms with Gasteiger partial charge in [0, 0.05) is 17.4 Å². The van der Waals surface area contributed by atoms with Gasteiger partial charge in [0.2, 0.25) is 0 Å². The Morgan fingerprint density at radius 2 is 1.71 bits per heavy atom. The highest BCUT2D eigenvalue weighted by molar-refractivity contribution is 5.85. The molecule has 0 fully saturated rings. The van der Waals surface area contributed by atoms with Gasteiger partial charge < -0.3 is 16.2 Å². The molecule has 1 heterocycles. The lowest BCUT2D eigenvalue weighted by molar-refractivity contribution is 0.0636. The molecule has 0 bridgehead atoms. The van der Waals surface area contributed by atoms with Gasteiger partial charge in [0.05, 0.1) is 0 Å². The highest BCUT2D eigenvalue weighted by Crippen LogP contribution is 2.22. The Morgan fingerprint density at radius 3 is 2.21 bits per heavy atom. The van der Waals surface area contributed by atoms with Crippen molar-refractivity contribution >= 4 is 23.6 Å². The summed E-state index contributed by atoms with van der Waals surface area (Å²) in [5.41, 5.74) is 12.6. The SMILES string of the molecule is CC(C)(C)OC(=O)Nc1ccc(-c2ccc(N=C(N)N)nc2)cc1. The lowest BCUT2D eigenvalue weighted by Gasteiger charge is -2.19. The summed E-state index contributed by atoms with van der Waals surface area (Å²) in [6.45, 7) is 5.44. The third-order valence-electron chi connectivity index (χ3n) is 2.86. The van der Waals surface area contributed by atoms with Crippen molar-refractivity contribution in [3.8, 4) is 11.1 Å². The average molecular weight is 327 g/mol. The molecule has 0 unspecified atom stereocenters. The molecular formula is C17H21N5O2. The van der Waals surface area contributed by atoms with Crippen LogP contribution < -0.4 is 16.8 Å². The van der Waals surface area contributed by atoms with Gasteiger partial charge in [-0.25, -0.2) is 9.78 Å². The fraction of sp³-hybridized carbons (Fsp3) is 0.235. The molecule has 0 saturated heterocycles. The van der Waals surface area contributed by atoms with Crippen molar-refractivity contribution in [3.05, 3.63) is 42.6 Å². The highest BCUT2D eigenvalue weighted by atomic mass is 16.6. The zero-order chi connectivity index (χ0) is 17.7. The predicted molar refractivity (Wildman–Crippen MR) is 95.0 cm³/mol. The smallest absolute Gasteiger partial charge is 0.412 e. The highest BCUT2D eigenvalue weighted by Gasteiger charge is 2.16. The van der Waals surface area contributed by atoms with Crippen LogP contribution in [0.4, 0.5) is 16.3 Å². The molecule has 0 atom stereocenters. The summed E-state index contributed by atoms with van der Waals surface area (Å²) in [5.74, 6) is 0.412. The van der Waals surface area contributed by atoms with Gasteiger partial charge in [-0.15, -0.1) is 0 Å². The molecule has 7 heteroatoms. The molecular weight excluding hydrogens is 306 g/mol. The van der Waals surface area contributed by atoms with Gasteiger partial charge >= 0.3 is 6.09 Å². The number of amides is 1. The lowest BCUT2D eigenvalue weighted by Crippen LogP contribution is -2.27. The van der Waals surface area contributed by atoms with Crippen molar-refractivity contribution in [1.82, 2.24) is 4.98 Å². The normalized spacial score (nSPS) is 10.8. The summed E-state index contributed by atoms with van der Waals surface area (Å²) in [6.07, 6.45) is 1.19. The summed E-state index contributed by atoms with van der Waals surface area (Å²) in [7, 11) is 0. The molecule has 1 aromatic heterocycles. The average Bonchev–Trinajstić information content (AvgIpc) is 2.46. The van der Waals surface area contributed by atoms with E-state index in [1.807, 2.05) is 39.0 Å². The molecule has 2 aromatic rings. The molecule has 7 nitrogen and oxygen atoms in total. The van der Waals surface area contributed by atoms with Gasteiger partial charge in [0.15, 0.2) is 11.8 Å². The van der Waals surface area contributed by atoms with E-state index < -0.39 is 11.7 Å². The molecule has 126 valence electrons. The third kappa shape index (κ3) is 5.28. The Kier molecular flexibility index (Phi) is 5.03. The molecule has 0 aliphatic heterocycles. The van der Waals surface area contributed by atoms with Crippen molar-refractivity contribution in [2.24, 2.45) is 16.5 Å². The number of benzene rings is 1. The number of hydrogen-bond donors (Lipinski definition) is 3. The first-order valence-corrected chi connectivity index (χ1v) is 7.39. The van der Waals surface area contributed by atoms with Crippen molar-refractivity contribution in [2.45, 2.75) is 26.4 Å². The maximum atomic E-state index is 11.7. The molecule has 0 aliphatic carbocycles. The molecule has 24 heavy (non-hydrogen) atoms. The standard InChI is InChI=1S/C17H21N5O2/c1-17(2,3)24-16(23)21-13-7-4-11(5-8-13)12-6-9-14(20-10-12)22-15(18)19/h4-10H,1-3H3,(H,21,23)(H4,18,19,20,22). The van der Waals surface area contributed by atoms with Crippen LogP contribution in [0.2, 0.25) is 0 Å². The number of pyridine rings is 1. The second-order valence-electron chi connectivity index (χ2n) is 6.15. The summed E-state index contributed by atoms with van der Waals surface area (Å²) < 4.78 is 5.21. The van der Waals surface area contributed by atoms with Crippen LogP contribution in [-0.4, -0.2) is 22.6 Å². The number of aromatic nitrogens is 1. The number of guanidine groups is 1. The Balaban J connectivity index is 2.06. The van der Waals surface area contributed by atoms with Gasteiger partial charge in [-0.1, -0.05) is 12.1 Å². The van der Waals surface area contributed by atoms with Gasteiger partial charge in [0.25, 0.3) is 0 Å². The van der Waals surface area contributed by atoms with Crippen LogP contribution in [-0.2, 0) is 4.74 Å². The number of aliphatic imine (C=N–C) groups is 1. The first kappa shape index (κ1) is 17.3. The minimum Gasteiger partial charge on any atom is -0.444 e. The quantitative estimate of drug-likeness (QED) is 0.592. The Hall–Kier alpha value is -3.09. The van der Waals surface area contributed by atoms with Gasteiger partial charge in [0.1, 0.15) is 5.60 Å². The van der Waals surface area contributed by atoms with Gasteiger partial charge in [-0.3, -0.25) is 5.32 Å². The van der Waals surface area contributed by atoms with Gasteiger partial charge in [-0.05, 0) is 50.6 Å². The maximum Gasteiger partial charge on any atom is 0.412 e. The van der Waals surface area contributed by atoms with E-state index in [0.29, 0.717) is 11.5 Å². The largest absolute Gasteiger partial charge is 0.444 e. The molecule has 0 radical (unpaired) electrons. The van der Waals surface area contributed by atoms with E-state index in [1.54, 1.807) is 24.4 Å². The van der Waals surface area contributed by atoms with Crippen molar-refractivity contribution in [2.75, 3.05) is 5.32 Å². The maximum absolute atomic E-state index is 11.7. The zero-order valence-corrected chi connectivity index (χ0v) is 13.9. The minimum absolute atomic E-state index is 0.0344. The second-order valence-corrected chi connectivity index (χ2v) is 6.15. The topological polar surface area (TPSA) is 116 Å². The van der Waals surface area contributed by atoms with Crippen LogP contribution in [0.15, 0.2) is 47.6 Å². The fourth-order valence-corrected chi connectivity index (χ4v) is 1.92. The molecule has 0 saturated carbocycles. The van der Waals surface area contributed by atoms with Crippen LogP contribution in [0, 0.1) is 0 Å². The number of nitrogens with two attached hydrogens (primary N) is 2. The number of ether oxygens (including phenoxy) is 1. The van der Waals surface area contributed by atoms with Crippen LogP contribution in [0.5, 0.6) is 0 Å². The molecule has 2 rings (SSSR count). The number of carbonyl (C=O) groups excluding carboxylic acids is 1.